The average molecular weight is 486 g/mol. The van der Waals surface area contributed by atoms with E-state index >= 15 is 0 Å². The van der Waals surface area contributed by atoms with Crippen LogP contribution in [0.15, 0.2) is 12.1 Å². The number of hydrogen-bond acceptors (Lipinski definition) is 7. The molecule has 0 bridgehead atoms. The number of carboxylic acid groups (broad SMARTS) is 1. The smallest absolute Gasteiger partial charge is 0.410 e. The van der Waals surface area contributed by atoms with Gasteiger partial charge in [0.2, 0.25) is 0 Å². The number of rotatable bonds is 7. The molecule has 2 aliphatic carbocycles. The SMILES string of the molecule is Cc1nc(-c2nnn(C)c2COC(=O)N(C)C2CCCCC2)ccc1O[C@H]1CCC[C@H](C(=O)O)C1. The van der Waals surface area contributed by atoms with Crippen molar-refractivity contribution >= 4 is 12.1 Å². The first-order chi connectivity index (χ1) is 16.8. The zero-order chi connectivity index (χ0) is 24.9. The number of aryl methyl sites for hydroxylation is 2. The van der Waals surface area contributed by atoms with Gasteiger partial charge in [-0.3, -0.25) is 4.79 Å². The molecule has 2 aromatic heterocycles. The second-order valence-electron chi connectivity index (χ2n) is 9.69. The highest BCUT2D eigenvalue weighted by molar-refractivity contribution is 5.70. The van der Waals surface area contributed by atoms with Crippen molar-refractivity contribution < 1.29 is 24.2 Å². The van der Waals surface area contributed by atoms with Crippen LogP contribution in [0.25, 0.3) is 11.4 Å². The van der Waals surface area contributed by atoms with Crippen LogP contribution in [0, 0.1) is 12.8 Å². The molecule has 2 aromatic rings. The fraction of sp³-hybridized carbons (Fsp3) is 0.640. The Morgan fingerprint density at radius 1 is 1.14 bits per heavy atom. The molecule has 10 nitrogen and oxygen atoms in total. The summed E-state index contributed by atoms with van der Waals surface area (Å²) in [6, 6.07) is 3.87. The van der Waals surface area contributed by atoms with Gasteiger partial charge < -0.3 is 19.5 Å². The van der Waals surface area contributed by atoms with Crippen LogP contribution < -0.4 is 4.74 Å². The third-order valence-corrected chi connectivity index (χ3v) is 7.23. The molecule has 190 valence electrons. The van der Waals surface area contributed by atoms with Gasteiger partial charge in [0.05, 0.1) is 23.4 Å². The molecule has 2 fully saturated rings. The van der Waals surface area contributed by atoms with Crippen molar-refractivity contribution in [1.29, 1.82) is 0 Å². The van der Waals surface area contributed by atoms with E-state index in [1.54, 1.807) is 23.7 Å². The van der Waals surface area contributed by atoms with Crippen LogP contribution in [0.1, 0.15) is 69.2 Å². The molecule has 4 rings (SSSR count). The van der Waals surface area contributed by atoms with Crippen LogP contribution in [0.3, 0.4) is 0 Å². The molecule has 2 heterocycles. The summed E-state index contributed by atoms with van der Waals surface area (Å²) in [4.78, 5) is 30.4. The summed E-state index contributed by atoms with van der Waals surface area (Å²) >= 11 is 0. The molecule has 0 spiro atoms. The Hall–Kier alpha value is -3.17. The number of nitrogens with zero attached hydrogens (tertiary/aromatic N) is 5. The summed E-state index contributed by atoms with van der Waals surface area (Å²) in [7, 11) is 3.56. The van der Waals surface area contributed by atoms with Crippen molar-refractivity contribution in [3.63, 3.8) is 0 Å². The summed E-state index contributed by atoms with van der Waals surface area (Å²) in [6.45, 7) is 1.90. The van der Waals surface area contributed by atoms with Gasteiger partial charge in [-0.25, -0.2) is 14.5 Å². The van der Waals surface area contributed by atoms with Gasteiger partial charge in [0.25, 0.3) is 0 Å². The van der Waals surface area contributed by atoms with E-state index in [1.165, 1.54) is 6.42 Å². The Kier molecular flexibility index (Phi) is 7.87. The summed E-state index contributed by atoms with van der Waals surface area (Å²) in [5.74, 6) is -0.483. The van der Waals surface area contributed by atoms with Gasteiger partial charge in [-0.1, -0.05) is 24.5 Å². The monoisotopic (exact) mass is 485 g/mol. The third kappa shape index (κ3) is 5.91. The van der Waals surface area contributed by atoms with Crippen LogP contribution in [0.4, 0.5) is 4.79 Å². The maximum atomic E-state index is 12.6. The van der Waals surface area contributed by atoms with Crippen LogP contribution >= 0.6 is 0 Å². The van der Waals surface area contributed by atoms with Crippen LogP contribution in [0.2, 0.25) is 0 Å². The highest BCUT2D eigenvalue weighted by atomic mass is 16.6. The number of pyridine rings is 1. The average Bonchev–Trinajstić information content (AvgIpc) is 3.24. The van der Waals surface area contributed by atoms with Gasteiger partial charge in [-0.2, -0.15) is 0 Å². The Balaban J connectivity index is 1.42. The number of carboxylic acids is 1. The second-order valence-corrected chi connectivity index (χ2v) is 9.69. The Labute approximate surface area is 205 Å². The molecular weight excluding hydrogens is 450 g/mol. The molecule has 0 saturated heterocycles. The summed E-state index contributed by atoms with van der Waals surface area (Å²) in [6.07, 6.45) is 7.93. The standard InChI is InChI=1S/C25H35N5O5/c1-16-22(35-19-11-7-8-17(14-19)24(31)32)13-12-20(26-16)23-21(30(3)28-27-23)15-34-25(33)29(2)18-9-5-4-6-10-18/h12-13,17-19H,4-11,14-15H2,1-3H3,(H,31,32)/t17-,19-/m0/s1. The molecule has 0 unspecified atom stereocenters. The van der Waals surface area contributed by atoms with E-state index < -0.39 is 5.97 Å². The predicted molar refractivity (Wildman–Crippen MR) is 128 cm³/mol. The number of ether oxygens (including phenoxy) is 2. The van der Waals surface area contributed by atoms with Gasteiger partial charge in [0.1, 0.15) is 23.7 Å². The molecule has 0 aliphatic heterocycles. The van der Waals surface area contributed by atoms with E-state index in [2.05, 4.69) is 15.3 Å². The van der Waals surface area contributed by atoms with Crippen molar-refractivity contribution in [3.05, 3.63) is 23.5 Å². The van der Waals surface area contributed by atoms with E-state index in [0.717, 1.165) is 38.5 Å². The van der Waals surface area contributed by atoms with Gasteiger partial charge >= 0.3 is 12.1 Å². The van der Waals surface area contributed by atoms with Crippen molar-refractivity contribution in [2.75, 3.05) is 7.05 Å². The molecule has 2 saturated carbocycles. The summed E-state index contributed by atoms with van der Waals surface area (Å²) < 4.78 is 13.3. The fourth-order valence-corrected chi connectivity index (χ4v) is 5.05. The van der Waals surface area contributed by atoms with Gasteiger partial charge in [0.15, 0.2) is 0 Å². The maximum absolute atomic E-state index is 12.6. The highest BCUT2D eigenvalue weighted by Gasteiger charge is 2.29. The lowest BCUT2D eigenvalue weighted by Crippen LogP contribution is -2.38. The molecule has 10 heteroatoms. The third-order valence-electron chi connectivity index (χ3n) is 7.23. The molecule has 1 N–H and O–H groups in total. The van der Waals surface area contributed by atoms with Crippen molar-refractivity contribution in [2.24, 2.45) is 13.0 Å². The van der Waals surface area contributed by atoms with E-state index in [-0.39, 0.29) is 30.8 Å². The lowest BCUT2D eigenvalue weighted by atomic mass is 9.87. The minimum Gasteiger partial charge on any atom is -0.489 e. The van der Waals surface area contributed by atoms with Gasteiger partial charge in [0, 0.05) is 20.1 Å². The molecule has 2 aliphatic rings. The molecule has 2 atom stereocenters. The maximum Gasteiger partial charge on any atom is 0.410 e. The first-order valence-corrected chi connectivity index (χ1v) is 12.5. The fourth-order valence-electron chi connectivity index (χ4n) is 5.05. The molecule has 1 amide bonds. The quantitative estimate of drug-likeness (QED) is 0.622. The minimum atomic E-state index is -0.760. The van der Waals surface area contributed by atoms with E-state index in [9.17, 15) is 14.7 Å². The Morgan fingerprint density at radius 2 is 1.91 bits per heavy atom. The Bertz CT molecular complexity index is 1050. The normalized spacial score (nSPS) is 20.9. The Morgan fingerprint density at radius 3 is 2.63 bits per heavy atom. The molecule has 0 aromatic carbocycles. The number of carbonyl (C=O) groups is 2. The zero-order valence-electron chi connectivity index (χ0n) is 20.8. The number of hydrogen-bond donors (Lipinski definition) is 1. The summed E-state index contributed by atoms with van der Waals surface area (Å²) in [5.41, 5.74) is 2.51. The van der Waals surface area contributed by atoms with Crippen molar-refractivity contribution in [3.8, 4) is 17.1 Å². The van der Waals surface area contributed by atoms with Crippen molar-refractivity contribution in [2.45, 2.75) is 83.5 Å². The second kappa shape index (κ2) is 11.0. The lowest BCUT2D eigenvalue weighted by Gasteiger charge is -2.30. The van der Waals surface area contributed by atoms with E-state index in [0.29, 0.717) is 41.4 Å². The number of amides is 1. The van der Waals surface area contributed by atoms with Gasteiger partial charge in [-0.15, -0.1) is 5.10 Å². The predicted octanol–water partition coefficient (Wildman–Crippen LogP) is 4.11. The van der Waals surface area contributed by atoms with Crippen LogP contribution in [-0.4, -0.2) is 61.2 Å². The molecule has 0 radical (unpaired) electrons. The number of aromatic nitrogens is 4. The first-order valence-electron chi connectivity index (χ1n) is 12.5. The summed E-state index contributed by atoms with van der Waals surface area (Å²) in [5, 5.41) is 17.7. The van der Waals surface area contributed by atoms with Crippen molar-refractivity contribution in [1.82, 2.24) is 24.9 Å². The van der Waals surface area contributed by atoms with E-state index in [4.69, 9.17) is 9.47 Å². The molecule has 35 heavy (non-hydrogen) atoms. The number of carbonyl (C=O) groups excluding carboxylic acids is 1. The lowest BCUT2D eigenvalue weighted by molar-refractivity contribution is -0.143. The minimum absolute atomic E-state index is 0.0480. The molecular formula is C25H35N5O5. The zero-order valence-corrected chi connectivity index (χ0v) is 20.8. The highest BCUT2D eigenvalue weighted by Crippen LogP contribution is 2.30. The first kappa shape index (κ1) is 24.9. The topological polar surface area (TPSA) is 120 Å². The van der Waals surface area contributed by atoms with Gasteiger partial charge in [-0.05, 0) is 57.6 Å². The van der Waals surface area contributed by atoms with E-state index in [1.807, 2.05) is 19.1 Å². The largest absolute Gasteiger partial charge is 0.489 e. The van der Waals surface area contributed by atoms with Crippen LogP contribution in [0.5, 0.6) is 5.75 Å². The van der Waals surface area contributed by atoms with Crippen LogP contribution in [-0.2, 0) is 23.2 Å². The number of aliphatic carboxylic acids is 1.